The summed E-state index contributed by atoms with van der Waals surface area (Å²) in [6.45, 7) is 3.95. The maximum atomic E-state index is 13.6. The quantitative estimate of drug-likeness (QED) is 0.881. The summed E-state index contributed by atoms with van der Waals surface area (Å²) in [4.78, 5) is 30.9. The van der Waals surface area contributed by atoms with Gasteiger partial charge in [-0.05, 0) is 48.9 Å². The fraction of sp³-hybridized carbons (Fsp3) is 0.381. The van der Waals surface area contributed by atoms with Crippen LogP contribution in [-0.2, 0) is 6.42 Å². The molecule has 1 aliphatic rings. The Balaban J connectivity index is 1.58. The Morgan fingerprint density at radius 2 is 1.96 bits per heavy atom. The zero-order valence-electron chi connectivity index (χ0n) is 15.5. The summed E-state index contributed by atoms with van der Waals surface area (Å²) in [5.74, 6) is -0.0778. The Morgan fingerprint density at radius 3 is 2.70 bits per heavy atom. The molecular weight excluding hydrogens is 345 g/mol. The average Bonchev–Trinajstić information content (AvgIpc) is 2.69. The first-order valence-corrected chi connectivity index (χ1v) is 9.31. The maximum absolute atomic E-state index is 13.6. The van der Waals surface area contributed by atoms with E-state index in [1.54, 1.807) is 29.2 Å². The highest BCUT2D eigenvalue weighted by Gasteiger charge is 2.23. The SMILES string of the molecule is CC1CCN(C(=O)c2cc(C(=O)NCCc3ccccc3F)ccn2)CC1. The Labute approximate surface area is 158 Å². The van der Waals surface area contributed by atoms with Gasteiger partial charge in [0.25, 0.3) is 11.8 Å². The van der Waals surface area contributed by atoms with E-state index in [-0.39, 0.29) is 23.3 Å². The molecule has 1 N–H and O–H groups in total. The van der Waals surface area contributed by atoms with Gasteiger partial charge in [0.2, 0.25) is 0 Å². The summed E-state index contributed by atoms with van der Waals surface area (Å²) in [5, 5.41) is 2.77. The van der Waals surface area contributed by atoms with Gasteiger partial charge in [0.15, 0.2) is 0 Å². The van der Waals surface area contributed by atoms with Crippen LogP contribution >= 0.6 is 0 Å². The second-order valence-corrected chi connectivity index (χ2v) is 7.00. The molecule has 0 saturated carbocycles. The average molecular weight is 369 g/mol. The Kier molecular flexibility index (Phi) is 6.16. The van der Waals surface area contributed by atoms with Gasteiger partial charge in [0.1, 0.15) is 11.5 Å². The molecule has 3 rings (SSSR count). The van der Waals surface area contributed by atoms with Crippen LogP contribution in [0, 0.1) is 11.7 Å². The molecule has 0 radical (unpaired) electrons. The number of nitrogens with one attached hydrogen (secondary N) is 1. The lowest BCUT2D eigenvalue weighted by Gasteiger charge is -2.30. The zero-order valence-corrected chi connectivity index (χ0v) is 15.5. The lowest BCUT2D eigenvalue weighted by Crippen LogP contribution is -2.38. The molecule has 2 aromatic rings. The number of nitrogens with zero attached hydrogens (tertiary/aromatic N) is 2. The minimum atomic E-state index is -0.296. The normalized spacial score (nSPS) is 14.8. The number of hydrogen-bond donors (Lipinski definition) is 1. The Hall–Kier alpha value is -2.76. The van der Waals surface area contributed by atoms with Gasteiger partial charge in [0, 0.05) is 31.4 Å². The molecule has 1 fully saturated rings. The Bertz CT molecular complexity index is 817. The minimum absolute atomic E-state index is 0.136. The molecule has 0 aliphatic carbocycles. The van der Waals surface area contributed by atoms with E-state index in [1.165, 1.54) is 18.3 Å². The second-order valence-electron chi connectivity index (χ2n) is 7.00. The van der Waals surface area contributed by atoms with E-state index in [1.807, 2.05) is 0 Å². The van der Waals surface area contributed by atoms with Crippen LogP contribution in [0.15, 0.2) is 42.6 Å². The van der Waals surface area contributed by atoms with Crippen LogP contribution in [0.4, 0.5) is 4.39 Å². The summed E-state index contributed by atoms with van der Waals surface area (Å²) >= 11 is 0. The molecule has 1 saturated heterocycles. The third-order valence-corrected chi connectivity index (χ3v) is 4.95. The van der Waals surface area contributed by atoms with Crippen molar-refractivity contribution in [1.29, 1.82) is 0 Å². The molecule has 0 unspecified atom stereocenters. The molecule has 27 heavy (non-hydrogen) atoms. The summed E-state index contributed by atoms with van der Waals surface area (Å²) in [5.41, 5.74) is 1.22. The minimum Gasteiger partial charge on any atom is -0.352 e. The molecule has 1 aliphatic heterocycles. The van der Waals surface area contributed by atoms with Crippen LogP contribution in [0.1, 0.15) is 46.2 Å². The van der Waals surface area contributed by atoms with E-state index in [0.29, 0.717) is 30.0 Å². The summed E-state index contributed by atoms with van der Waals surface area (Å²) in [6, 6.07) is 9.61. The number of pyridine rings is 1. The smallest absolute Gasteiger partial charge is 0.272 e. The summed E-state index contributed by atoms with van der Waals surface area (Å²) in [6.07, 6.45) is 3.86. The monoisotopic (exact) mass is 369 g/mol. The van der Waals surface area contributed by atoms with Crippen molar-refractivity contribution in [3.8, 4) is 0 Å². The van der Waals surface area contributed by atoms with Crippen LogP contribution in [0.3, 0.4) is 0 Å². The number of benzene rings is 1. The molecule has 142 valence electrons. The van der Waals surface area contributed by atoms with Crippen LogP contribution in [-0.4, -0.2) is 41.3 Å². The number of carbonyl (C=O) groups is 2. The number of rotatable bonds is 5. The molecule has 1 aromatic carbocycles. The maximum Gasteiger partial charge on any atom is 0.272 e. The van der Waals surface area contributed by atoms with E-state index >= 15 is 0 Å². The number of carbonyl (C=O) groups excluding carboxylic acids is 2. The largest absolute Gasteiger partial charge is 0.352 e. The second kappa shape index (κ2) is 8.75. The predicted molar refractivity (Wildman–Crippen MR) is 101 cm³/mol. The number of halogens is 1. The van der Waals surface area contributed by atoms with Gasteiger partial charge in [-0.1, -0.05) is 25.1 Å². The van der Waals surface area contributed by atoms with Gasteiger partial charge >= 0.3 is 0 Å². The lowest BCUT2D eigenvalue weighted by atomic mass is 9.99. The summed E-state index contributed by atoms with van der Waals surface area (Å²) in [7, 11) is 0. The third kappa shape index (κ3) is 4.90. The highest BCUT2D eigenvalue weighted by molar-refractivity contribution is 5.98. The van der Waals surface area contributed by atoms with Crippen molar-refractivity contribution in [2.75, 3.05) is 19.6 Å². The van der Waals surface area contributed by atoms with Crippen molar-refractivity contribution in [2.45, 2.75) is 26.2 Å². The van der Waals surface area contributed by atoms with Gasteiger partial charge < -0.3 is 10.2 Å². The molecule has 6 heteroatoms. The van der Waals surface area contributed by atoms with Gasteiger partial charge in [-0.15, -0.1) is 0 Å². The molecule has 2 heterocycles. The standard InChI is InChI=1S/C21H24FN3O2/c1-15-8-12-25(13-9-15)21(27)19-14-17(7-10-23-19)20(26)24-11-6-16-4-2-3-5-18(16)22/h2-5,7,10,14-15H,6,8-9,11-13H2,1H3,(H,24,26). The van der Waals surface area contributed by atoms with Gasteiger partial charge in [-0.25, -0.2) is 4.39 Å². The number of likely N-dealkylation sites (tertiary alicyclic amines) is 1. The van der Waals surface area contributed by atoms with E-state index in [2.05, 4.69) is 17.2 Å². The number of amides is 2. The highest BCUT2D eigenvalue weighted by Crippen LogP contribution is 2.18. The fourth-order valence-electron chi connectivity index (χ4n) is 3.18. The van der Waals surface area contributed by atoms with E-state index in [0.717, 1.165) is 25.9 Å². The molecule has 2 amide bonds. The van der Waals surface area contributed by atoms with Gasteiger partial charge in [-0.3, -0.25) is 14.6 Å². The van der Waals surface area contributed by atoms with Gasteiger partial charge in [0.05, 0.1) is 0 Å². The van der Waals surface area contributed by atoms with Crippen molar-refractivity contribution in [1.82, 2.24) is 15.2 Å². The van der Waals surface area contributed by atoms with E-state index in [4.69, 9.17) is 0 Å². The lowest BCUT2D eigenvalue weighted by molar-refractivity contribution is 0.0691. The molecule has 0 bridgehead atoms. The first kappa shape index (κ1) is 19.0. The van der Waals surface area contributed by atoms with Crippen molar-refractivity contribution in [3.63, 3.8) is 0 Å². The Morgan fingerprint density at radius 1 is 1.22 bits per heavy atom. The van der Waals surface area contributed by atoms with Crippen LogP contribution < -0.4 is 5.32 Å². The van der Waals surface area contributed by atoms with Crippen LogP contribution in [0.2, 0.25) is 0 Å². The molecule has 0 spiro atoms. The molecular formula is C21H24FN3O2. The topological polar surface area (TPSA) is 62.3 Å². The number of aromatic nitrogens is 1. The summed E-state index contributed by atoms with van der Waals surface area (Å²) < 4.78 is 13.6. The molecule has 5 nitrogen and oxygen atoms in total. The van der Waals surface area contributed by atoms with Crippen molar-refractivity contribution < 1.29 is 14.0 Å². The van der Waals surface area contributed by atoms with Crippen LogP contribution in [0.25, 0.3) is 0 Å². The third-order valence-electron chi connectivity index (χ3n) is 4.95. The molecule has 1 aromatic heterocycles. The van der Waals surface area contributed by atoms with Crippen molar-refractivity contribution >= 4 is 11.8 Å². The predicted octanol–water partition coefficient (Wildman–Crippen LogP) is 3.07. The fourth-order valence-corrected chi connectivity index (χ4v) is 3.18. The van der Waals surface area contributed by atoms with E-state index < -0.39 is 0 Å². The highest BCUT2D eigenvalue weighted by atomic mass is 19.1. The van der Waals surface area contributed by atoms with Crippen LogP contribution in [0.5, 0.6) is 0 Å². The first-order chi connectivity index (χ1) is 13.0. The van der Waals surface area contributed by atoms with Crippen molar-refractivity contribution in [2.24, 2.45) is 5.92 Å². The molecule has 0 atom stereocenters. The number of hydrogen-bond acceptors (Lipinski definition) is 3. The zero-order chi connectivity index (χ0) is 19.2. The number of piperidine rings is 1. The van der Waals surface area contributed by atoms with Crippen molar-refractivity contribution in [3.05, 3.63) is 65.2 Å². The first-order valence-electron chi connectivity index (χ1n) is 9.31. The van der Waals surface area contributed by atoms with Gasteiger partial charge in [-0.2, -0.15) is 0 Å². The van der Waals surface area contributed by atoms with E-state index in [9.17, 15) is 14.0 Å².